The largest absolute Gasteiger partial charge is 0.455 e. The molecule has 10 aromatic carbocycles. The SMILES string of the molecule is C1=Cc2c(c(-c3ccccc3)c3ccccc3c2-c2cccc3c2oc2ccc(-c4c5ccccc5c(-n5c6ccccc6c6ccccc65)c5ccccc45)cc23)CC1. The van der Waals surface area contributed by atoms with Gasteiger partial charge in [-0.05, 0) is 92.0 Å². The van der Waals surface area contributed by atoms with Crippen molar-refractivity contribution in [2.75, 3.05) is 0 Å². The van der Waals surface area contributed by atoms with Gasteiger partial charge in [-0.25, -0.2) is 0 Å². The minimum atomic E-state index is 0.895. The van der Waals surface area contributed by atoms with Crippen LogP contribution in [0.3, 0.4) is 0 Å². The maximum absolute atomic E-state index is 6.98. The zero-order chi connectivity index (χ0) is 39.3. The number of aromatic nitrogens is 1. The van der Waals surface area contributed by atoms with Crippen LogP contribution in [0, 0.1) is 0 Å². The lowest BCUT2D eigenvalue weighted by molar-refractivity contribution is 0.670. The van der Waals surface area contributed by atoms with Crippen molar-refractivity contribution in [2.24, 2.45) is 0 Å². The molecular formula is C58H37NO. The van der Waals surface area contributed by atoms with E-state index in [2.05, 4.69) is 205 Å². The summed E-state index contributed by atoms with van der Waals surface area (Å²) in [4.78, 5) is 0. The molecule has 0 unspecified atom stereocenters. The molecule has 280 valence electrons. The number of hydrogen-bond acceptors (Lipinski definition) is 1. The maximum Gasteiger partial charge on any atom is 0.143 e. The second-order valence-electron chi connectivity index (χ2n) is 16.2. The summed E-state index contributed by atoms with van der Waals surface area (Å²) in [6.07, 6.45) is 6.73. The van der Waals surface area contributed by atoms with Crippen molar-refractivity contribution in [1.29, 1.82) is 0 Å². The lowest BCUT2D eigenvalue weighted by Crippen LogP contribution is -2.02. The van der Waals surface area contributed by atoms with Gasteiger partial charge in [0.25, 0.3) is 0 Å². The number of furan rings is 1. The average Bonchev–Trinajstić information content (AvgIpc) is 3.86. The van der Waals surface area contributed by atoms with Crippen LogP contribution in [0.15, 0.2) is 199 Å². The summed E-state index contributed by atoms with van der Waals surface area (Å²) >= 11 is 0. The van der Waals surface area contributed by atoms with Crippen LogP contribution in [0.5, 0.6) is 0 Å². The van der Waals surface area contributed by atoms with E-state index in [0.29, 0.717) is 0 Å². The summed E-state index contributed by atoms with van der Waals surface area (Å²) in [5.74, 6) is 0. The number of fused-ring (bicyclic) bond motifs is 10. The fourth-order valence-electron chi connectivity index (χ4n) is 10.6. The van der Waals surface area contributed by atoms with Crippen LogP contribution in [0.25, 0.3) is 121 Å². The number of para-hydroxylation sites is 3. The van der Waals surface area contributed by atoms with Crippen LogP contribution in [0.1, 0.15) is 17.5 Å². The van der Waals surface area contributed by atoms with E-state index in [1.165, 1.54) is 98.8 Å². The molecule has 2 heteroatoms. The molecule has 0 N–H and O–H groups in total. The van der Waals surface area contributed by atoms with Gasteiger partial charge >= 0.3 is 0 Å². The molecule has 2 heterocycles. The highest BCUT2D eigenvalue weighted by Crippen LogP contribution is 2.49. The van der Waals surface area contributed by atoms with Gasteiger partial charge in [0.2, 0.25) is 0 Å². The van der Waals surface area contributed by atoms with Gasteiger partial charge in [-0.2, -0.15) is 0 Å². The van der Waals surface area contributed by atoms with Gasteiger partial charge in [-0.15, -0.1) is 0 Å². The molecule has 12 aromatic rings. The average molecular weight is 764 g/mol. The molecule has 1 aliphatic rings. The van der Waals surface area contributed by atoms with Gasteiger partial charge in [0.15, 0.2) is 0 Å². The summed E-state index contributed by atoms with van der Waals surface area (Å²) in [5, 5.41) is 12.2. The second kappa shape index (κ2) is 12.9. The van der Waals surface area contributed by atoms with Gasteiger partial charge in [0, 0.05) is 43.4 Å². The van der Waals surface area contributed by atoms with E-state index < -0.39 is 0 Å². The molecule has 1 aliphatic carbocycles. The van der Waals surface area contributed by atoms with Crippen LogP contribution in [-0.4, -0.2) is 4.57 Å². The van der Waals surface area contributed by atoms with Crippen LogP contribution in [0.2, 0.25) is 0 Å². The third-order valence-corrected chi connectivity index (χ3v) is 13.0. The van der Waals surface area contributed by atoms with Gasteiger partial charge in [-0.3, -0.25) is 0 Å². The van der Waals surface area contributed by atoms with Crippen molar-refractivity contribution in [2.45, 2.75) is 12.8 Å². The van der Waals surface area contributed by atoms with Crippen LogP contribution in [-0.2, 0) is 6.42 Å². The Morgan fingerprint density at radius 3 is 1.62 bits per heavy atom. The highest BCUT2D eigenvalue weighted by Gasteiger charge is 2.25. The number of allylic oxidation sites excluding steroid dienone is 1. The van der Waals surface area contributed by atoms with E-state index >= 15 is 0 Å². The van der Waals surface area contributed by atoms with E-state index in [1.807, 2.05) is 0 Å². The Labute approximate surface area is 346 Å². The Morgan fingerprint density at radius 1 is 0.400 bits per heavy atom. The molecule has 0 saturated heterocycles. The van der Waals surface area contributed by atoms with Crippen molar-refractivity contribution in [3.05, 3.63) is 205 Å². The van der Waals surface area contributed by atoms with Crippen molar-refractivity contribution in [3.63, 3.8) is 0 Å². The van der Waals surface area contributed by atoms with Crippen molar-refractivity contribution in [1.82, 2.24) is 4.57 Å². The first-order valence-corrected chi connectivity index (χ1v) is 21.0. The van der Waals surface area contributed by atoms with Crippen molar-refractivity contribution in [3.8, 4) is 39.1 Å². The lowest BCUT2D eigenvalue weighted by atomic mass is 9.80. The number of hydrogen-bond donors (Lipinski definition) is 0. The Kier molecular flexibility index (Phi) is 7.17. The first-order chi connectivity index (χ1) is 29.8. The Bertz CT molecular complexity index is 3660. The molecule has 0 aliphatic heterocycles. The third kappa shape index (κ3) is 4.70. The smallest absolute Gasteiger partial charge is 0.143 e. The van der Waals surface area contributed by atoms with E-state index in [1.54, 1.807) is 0 Å². The molecule has 2 aromatic heterocycles. The number of rotatable bonds is 4. The van der Waals surface area contributed by atoms with E-state index in [9.17, 15) is 0 Å². The third-order valence-electron chi connectivity index (χ3n) is 13.0. The zero-order valence-corrected chi connectivity index (χ0v) is 32.8. The van der Waals surface area contributed by atoms with Gasteiger partial charge in [0.05, 0.1) is 16.7 Å². The summed E-state index contributed by atoms with van der Waals surface area (Å²) in [7, 11) is 0. The first-order valence-electron chi connectivity index (χ1n) is 21.0. The highest BCUT2D eigenvalue weighted by molar-refractivity contribution is 6.22. The normalized spacial score (nSPS) is 12.8. The van der Waals surface area contributed by atoms with Crippen LogP contribution >= 0.6 is 0 Å². The molecule has 60 heavy (non-hydrogen) atoms. The van der Waals surface area contributed by atoms with Crippen LogP contribution < -0.4 is 0 Å². The Balaban J connectivity index is 1.06. The molecule has 0 amide bonds. The molecule has 0 saturated carbocycles. The second-order valence-corrected chi connectivity index (χ2v) is 16.2. The standard InChI is InChI=1S/C58H37NO/c1-2-17-36(18-3-1)54-40-21-4-6-23-42(40)56(43-24-7-5-22-41(43)54)49-30-16-29-48-50-35-37(33-34-53(50)60-58(48)49)55-44-25-8-10-27-46(44)57(47-28-11-9-26-45(47)55)59-51-31-14-12-19-38(51)39-20-13-15-32-52(39)59/h1-4,6-21,23-35H,5,22H2. The quantitative estimate of drug-likeness (QED) is 0.163. The van der Waals surface area contributed by atoms with Gasteiger partial charge < -0.3 is 8.98 Å². The Morgan fingerprint density at radius 2 is 0.950 bits per heavy atom. The van der Waals surface area contributed by atoms with Gasteiger partial charge in [-0.1, -0.05) is 176 Å². The minimum Gasteiger partial charge on any atom is -0.455 e. The molecule has 0 bridgehead atoms. The number of nitrogens with zero attached hydrogens (tertiary/aromatic N) is 1. The molecule has 0 radical (unpaired) electrons. The molecule has 13 rings (SSSR count). The van der Waals surface area contributed by atoms with Crippen molar-refractivity contribution < 1.29 is 4.42 Å². The molecule has 0 spiro atoms. The highest BCUT2D eigenvalue weighted by atomic mass is 16.3. The van der Waals surface area contributed by atoms with E-state index in [-0.39, 0.29) is 0 Å². The van der Waals surface area contributed by atoms with Crippen LogP contribution in [0.4, 0.5) is 0 Å². The van der Waals surface area contributed by atoms with Gasteiger partial charge in [0.1, 0.15) is 11.2 Å². The fourth-order valence-corrected chi connectivity index (χ4v) is 10.6. The predicted octanol–water partition coefficient (Wildman–Crippen LogP) is 16.1. The molecule has 2 nitrogen and oxygen atoms in total. The Hall–Kier alpha value is -7.68. The minimum absolute atomic E-state index is 0.895. The zero-order valence-electron chi connectivity index (χ0n) is 32.8. The topological polar surface area (TPSA) is 18.1 Å². The summed E-state index contributed by atoms with van der Waals surface area (Å²) in [5.41, 5.74) is 15.6. The lowest BCUT2D eigenvalue weighted by Gasteiger charge is -2.23. The molecule has 0 atom stereocenters. The summed E-state index contributed by atoms with van der Waals surface area (Å²) in [6, 6.07) is 68.9. The number of benzene rings is 10. The van der Waals surface area contributed by atoms with E-state index in [4.69, 9.17) is 4.42 Å². The molecular weight excluding hydrogens is 727 g/mol. The maximum atomic E-state index is 6.98. The summed E-state index contributed by atoms with van der Waals surface area (Å²) < 4.78 is 9.46. The summed E-state index contributed by atoms with van der Waals surface area (Å²) in [6.45, 7) is 0. The first kappa shape index (κ1) is 33.3. The predicted molar refractivity (Wildman–Crippen MR) is 254 cm³/mol. The monoisotopic (exact) mass is 763 g/mol. The molecule has 0 fully saturated rings. The van der Waals surface area contributed by atoms with Crippen molar-refractivity contribution >= 4 is 82.1 Å². The van der Waals surface area contributed by atoms with E-state index in [0.717, 1.165) is 40.3 Å². The fraction of sp³-hybridized carbons (Fsp3) is 0.0345.